The minimum absolute atomic E-state index is 0.0592. The van der Waals surface area contributed by atoms with E-state index in [-0.39, 0.29) is 6.54 Å². The van der Waals surface area contributed by atoms with E-state index in [2.05, 4.69) is 15.4 Å². The Bertz CT molecular complexity index is 934. The highest BCUT2D eigenvalue weighted by molar-refractivity contribution is 5.95. The number of amides is 1. The Balaban J connectivity index is 1.76. The van der Waals surface area contributed by atoms with Crippen LogP contribution in [0.3, 0.4) is 0 Å². The molecule has 0 bridgehead atoms. The molecule has 1 N–H and O–H groups in total. The van der Waals surface area contributed by atoms with Crippen molar-refractivity contribution < 1.29 is 18.0 Å². The molecule has 2 heterocycles. The largest absolute Gasteiger partial charge is 0.417 e. The van der Waals surface area contributed by atoms with Gasteiger partial charge in [0.15, 0.2) is 0 Å². The second-order valence-electron chi connectivity index (χ2n) is 5.65. The molecule has 0 saturated heterocycles. The summed E-state index contributed by atoms with van der Waals surface area (Å²) in [5, 5.41) is 6.60. The van der Waals surface area contributed by atoms with Gasteiger partial charge >= 0.3 is 6.18 Å². The second kappa shape index (κ2) is 6.99. The molecule has 0 radical (unpaired) electrons. The molecule has 0 fully saturated rings. The van der Waals surface area contributed by atoms with Gasteiger partial charge in [-0.1, -0.05) is 12.1 Å². The molecule has 134 valence electrons. The summed E-state index contributed by atoms with van der Waals surface area (Å²) in [4.78, 5) is 16.3. The Morgan fingerprint density at radius 3 is 2.65 bits per heavy atom. The molecule has 1 amide bonds. The summed E-state index contributed by atoms with van der Waals surface area (Å²) in [6.45, 7) is 0.0592. The molecule has 3 rings (SSSR count). The van der Waals surface area contributed by atoms with Crippen LogP contribution in [-0.4, -0.2) is 20.7 Å². The van der Waals surface area contributed by atoms with Gasteiger partial charge in [0.2, 0.25) is 0 Å². The number of nitrogens with one attached hydrogen (secondary N) is 1. The minimum atomic E-state index is -4.59. The lowest BCUT2D eigenvalue weighted by Gasteiger charge is -2.13. The smallest absolute Gasteiger partial charge is 0.348 e. The molecule has 0 spiro atoms. The summed E-state index contributed by atoms with van der Waals surface area (Å²) >= 11 is 0. The molecular formula is C18H15F3N4O. The van der Waals surface area contributed by atoms with E-state index in [9.17, 15) is 18.0 Å². The molecule has 3 aromatic rings. The topological polar surface area (TPSA) is 59.8 Å². The van der Waals surface area contributed by atoms with Crippen molar-refractivity contribution in [1.82, 2.24) is 20.1 Å². The van der Waals surface area contributed by atoms with E-state index >= 15 is 0 Å². The van der Waals surface area contributed by atoms with Crippen molar-refractivity contribution in [2.45, 2.75) is 12.7 Å². The zero-order chi connectivity index (χ0) is 18.7. The third-order valence-corrected chi connectivity index (χ3v) is 3.84. The van der Waals surface area contributed by atoms with Crippen LogP contribution in [0.4, 0.5) is 13.2 Å². The minimum Gasteiger partial charge on any atom is -0.348 e. The lowest BCUT2D eigenvalue weighted by atomic mass is 10.1. The lowest BCUT2D eigenvalue weighted by Crippen LogP contribution is -2.26. The highest BCUT2D eigenvalue weighted by Crippen LogP contribution is 2.31. The fourth-order valence-corrected chi connectivity index (χ4v) is 2.59. The van der Waals surface area contributed by atoms with Crippen molar-refractivity contribution in [3.63, 3.8) is 0 Å². The second-order valence-corrected chi connectivity index (χ2v) is 5.65. The number of pyridine rings is 1. The SMILES string of the molecule is Cn1nccc1-c1cncc(CNC(=O)c2ccccc2C(F)(F)F)c1. The van der Waals surface area contributed by atoms with Crippen LogP contribution in [0.2, 0.25) is 0 Å². The molecule has 2 aromatic heterocycles. The van der Waals surface area contributed by atoms with Gasteiger partial charge in [-0.05, 0) is 29.8 Å². The number of nitrogens with zero attached hydrogens (tertiary/aromatic N) is 3. The van der Waals surface area contributed by atoms with Crippen molar-refractivity contribution in [2.24, 2.45) is 7.05 Å². The van der Waals surface area contributed by atoms with Crippen molar-refractivity contribution in [3.8, 4) is 11.3 Å². The highest BCUT2D eigenvalue weighted by atomic mass is 19.4. The van der Waals surface area contributed by atoms with Crippen LogP contribution in [0.25, 0.3) is 11.3 Å². The van der Waals surface area contributed by atoms with Gasteiger partial charge in [0, 0.05) is 37.7 Å². The molecule has 1 aromatic carbocycles. The first-order valence-corrected chi connectivity index (χ1v) is 7.73. The molecular weight excluding hydrogens is 345 g/mol. The first-order chi connectivity index (χ1) is 12.4. The Morgan fingerprint density at radius 2 is 1.96 bits per heavy atom. The van der Waals surface area contributed by atoms with E-state index in [4.69, 9.17) is 0 Å². The fraction of sp³-hybridized carbons (Fsp3) is 0.167. The van der Waals surface area contributed by atoms with Crippen LogP contribution in [0.5, 0.6) is 0 Å². The zero-order valence-corrected chi connectivity index (χ0v) is 13.8. The normalized spacial score (nSPS) is 11.4. The number of aromatic nitrogens is 3. The number of hydrogen-bond acceptors (Lipinski definition) is 3. The Hall–Kier alpha value is -3.16. The Labute approximate surface area is 147 Å². The van der Waals surface area contributed by atoms with Gasteiger partial charge in [-0.15, -0.1) is 0 Å². The van der Waals surface area contributed by atoms with Crippen LogP contribution in [-0.2, 0) is 19.8 Å². The van der Waals surface area contributed by atoms with Crippen molar-refractivity contribution in [2.75, 3.05) is 0 Å². The van der Waals surface area contributed by atoms with E-state index in [0.29, 0.717) is 5.56 Å². The van der Waals surface area contributed by atoms with Gasteiger partial charge in [0.1, 0.15) is 0 Å². The van der Waals surface area contributed by atoms with E-state index in [0.717, 1.165) is 23.4 Å². The Kier molecular flexibility index (Phi) is 4.75. The molecule has 0 saturated carbocycles. The maximum Gasteiger partial charge on any atom is 0.417 e. The summed E-state index contributed by atoms with van der Waals surface area (Å²) in [5.41, 5.74) is 0.942. The van der Waals surface area contributed by atoms with Crippen LogP contribution < -0.4 is 5.32 Å². The number of benzene rings is 1. The summed E-state index contributed by atoms with van der Waals surface area (Å²) in [6, 6.07) is 8.32. The monoisotopic (exact) mass is 360 g/mol. The average Bonchev–Trinajstić information content (AvgIpc) is 3.05. The molecule has 5 nitrogen and oxygen atoms in total. The van der Waals surface area contributed by atoms with E-state index in [1.165, 1.54) is 12.1 Å². The van der Waals surface area contributed by atoms with Crippen LogP contribution in [0.15, 0.2) is 55.0 Å². The van der Waals surface area contributed by atoms with Crippen molar-refractivity contribution in [3.05, 3.63) is 71.7 Å². The number of hydrogen-bond donors (Lipinski definition) is 1. The van der Waals surface area contributed by atoms with Gasteiger partial charge in [0.05, 0.1) is 16.8 Å². The molecule has 8 heteroatoms. The number of carbonyl (C=O) groups is 1. The van der Waals surface area contributed by atoms with Gasteiger partial charge in [-0.25, -0.2) is 0 Å². The maximum atomic E-state index is 13.0. The third kappa shape index (κ3) is 3.74. The molecule has 0 unspecified atom stereocenters. The zero-order valence-electron chi connectivity index (χ0n) is 13.8. The number of rotatable bonds is 4. The van der Waals surface area contributed by atoms with E-state index in [1.807, 2.05) is 6.07 Å². The standard InChI is InChI=1S/C18H15F3N4O/c1-25-16(6-7-24-25)13-8-12(9-22-11-13)10-23-17(26)14-4-2-3-5-15(14)18(19,20)21/h2-9,11H,10H2,1H3,(H,23,26). The molecule has 0 aliphatic carbocycles. The van der Waals surface area contributed by atoms with E-state index in [1.54, 1.807) is 36.4 Å². The van der Waals surface area contributed by atoms with Gasteiger partial charge in [-0.2, -0.15) is 18.3 Å². The van der Waals surface area contributed by atoms with Crippen LogP contribution in [0, 0.1) is 0 Å². The number of carbonyl (C=O) groups excluding carboxylic acids is 1. The van der Waals surface area contributed by atoms with Crippen LogP contribution >= 0.6 is 0 Å². The first-order valence-electron chi connectivity index (χ1n) is 7.73. The first kappa shape index (κ1) is 17.7. The number of halogens is 3. The lowest BCUT2D eigenvalue weighted by molar-refractivity contribution is -0.137. The van der Waals surface area contributed by atoms with E-state index < -0.39 is 23.2 Å². The summed E-state index contributed by atoms with van der Waals surface area (Å²) in [5.74, 6) is -0.788. The van der Waals surface area contributed by atoms with Gasteiger partial charge in [0.25, 0.3) is 5.91 Å². The highest BCUT2D eigenvalue weighted by Gasteiger charge is 2.34. The maximum absolute atomic E-state index is 13.0. The van der Waals surface area contributed by atoms with Gasteiger partial charge in [-0.3, -0.25) is 14.5 Å². The summed E-state index contributed by atoms with van der Waals surface area (Å²) in [7, 11) is 1.79. The fourth-order valence-electron chi connectivity index (χ4n) is 2.59. The van der Waals surface area contributed by atoms with Crippen molar-refractivity contribution in [1.29, 1.82) is 0 Å². The quantitative estimate of drug-likeness (QED) is 0.775. The molecule has 26 heavy (non-hydrogen) atoms. The number of alkyl halides is 3. The van der Waals surface area contributed by atoms with Gasteiger partial charge < -0.3 is 5.32 Å². The van der Waals surface area contributed by atoms with Crippen molar-refractivity contribution >= 4 is 5.91 Å². The predicted molar refractivity (Wildman–Crippen MR) is 89.1 cm³/mol. The van der Waals surface area contributed by atoms with Crippen LogP contribution in [0.1, 0.15) is 21.5 Å². The molecule has 0 atom stereocenters. The average molecular weight is 360 g/mol. The summed E-state index contributed by atoms with van der Waals surface area (Å²) in [6.07, 6.45) is 0.268. The Morgan fingerprint density at radius 1 is 1.19 bits per heavy atom. The number of aryl methyl sites for hydroxylation is 1. The predicted octanol–water partition coefficient (Wildman–Crippen LogP) is 3.43. The third-order valence-electron chi connectivity index (χ3n) is 3.84. The summed E-state index contributed by atoms with van der Waals surface area (Å²) < 4.78 is 40.7. The molecule has 0 aliphatic heterocycles. The molecule has 0 aliphatic rings.